The normalized spacial score (nSPS) is 14.2. The lowest BCUT2D eigenvalue weighted by molar-refractivity contribution is -0.185. The van der Waals surface area contributed by atoms with E-state index in [0.717, 1.165) is 16.0 Å². The topological polar surface area (TPSA) is 109 Å². The highest BCUT2D eigenvalue weighted by atomic mass is 79.9. The maximum atomic E-state index is 13.4. The molecule has 10 nitrogen and oxygen atoms in total. The summed E-state index contributed by atoms with van der Waals surface area (Å²) >= 11 is 16.5. The number of amides is 1. The Morgan fingerprint density at radius 1 is 1.02 bits per heavy atom. The molecule has 0 aliphatic carbocycles. The summed E-state index contributed by atoms with van der Waals surface area (Å²) in [5.74, 6) is -1.37. The highest BCUT2D eigenvalue weighted by molar-refractivity contribution is 9.10. The average Bonchev–Trinajstić information content (AvgIpc) is 2.97. The number of aryl methyl sites for hydroxylation is 1. The lowest BCUT2D eigenvalue weighted by atomic mass is 10.1. The van der Waals surface area contributed by atoms with Crippen molar-refractivity contribution in [2.24, 2.45) is 0 Å². The molecule has 0 unspecified atom stereocenters. The number of hydrogen-bond donors (Lipinski definition) is 2. The van der Waals surface area contributed by atoms with Gasteiger partial charge in [0.2, 0.25) is 5.95 Å². The summed E-state index contributed by atoms with van der Waals surface area (Å²) in [6.07, 6.45) is -3.41. The van der Waals surface area contributed by atoms with E-state index in [0.29, 0.717) is 32.7 Å². The van der Waals surface area contributed by atoms with Gasteiger partial charge < -0.3 is 29.5 Å². The monoisotopic (exact) mass is 724 g/mol. The van der Waals surface area contributed by atoms with Crippen molar-refractivity contribution >= 4 is 86.8 Å². The Balaban J connectivity index is 1.56. The Hall–Kier alpha value is -2.61. The maximum absolute atomic E-state index is 13.4. The molecule has 0 spiro atoms. The van der Waals surface area contributed by atoms with Gasteiger partial charge in [-0.2, -0.15) is 18.2 Å². The van der Waals surface area contributed by atoms with E-state index in [4.69, 9.17) is 32.2 Å². The number of rotatable bonds is 8. The van der Waals surface area contributed by atoms with Crippen LogP contribution in [0.3, 0.4) is 0 Å². The van der Waals surface area contributed by atoms with E-state index in [1.54, 1.807) is 23.1 Å². The van der Waals surface area contributed by atoms with Crippen molar-refractivity contribution in [3.05, 3.63) is 56.1 Å². The number of halogens is 6. The number of aromatic nitrogens is 2. The Morgan fingerprint density at radius 2 is 1.67 bits per heavy atom. The summed E-state index contributed by atoms with van der Waals surface area (Å²) in [5, 5.41) is 7.11. The SMILES string of the molecule is COP(=O)(OC)c1c(Nc2nc(Nc3cc(Cl)c(N4CCN(C(=O)C(F)(F)F)CC4)cc3Cl)ncc2Br)ccc(C)c1C. The van der Waals surface area contributed by atoms with Crippen molar-refractivity contribution in [1.29, 1.82) is 0 Å². The van der Waals surface area contributed by atoms with Crippen LogP contribution >= 0.6 is 46.7 Å². The Kier molecular flexibility index (Phi) is 10.2. The van der Waals surface area contributed by atoms with Gasteiger partial charge in [-0.25, -0.2) is 4.98 Å². The zero-order valence-corrected chi connectivity index (χ0v) is 27.3. The van der Waals surface area contributed by atoms with Crippen LogP contribution < -0.4 is 20.8 Å². The van der Waals surface area contributed by atoms with E-state index in [1.807, 2.05) is 19.9 Å². The average molecular weight is 726 g/mol. The third kappa shape index (κ3) is 7.21. The van der Waals surface area contributed by atoms with Crippen LogP contribution in [0.15, 0.2) is 34.9 Å². The first kappa shape index (κ1) is 33.3. The first-order valence-corrected chi connectivity index (χ1v) is 15.8. The second-order valence-electron chi connectivity index (χ2n) is 9.47. The highest BCUT2D eigenvalue weighted by Crippen LogP contribution is 2.49. The highest BCUT2D eigenvalue weighted by Gasteiger charge is 2.43. The molecule has 2 heterocycles. The molecule has 17 heteroatoms. The molecule has 1 aliphatic heterocycles. The van der Waals surface area contributed by atoms with Crippen LogP contribution in [0.2, 0.25) is 10.0 Å². The fourth-order valence-corrected chi connectivity index (χ4v) is 6.78. The predicted molar refractivity (Wildman–Crippen MR) is 165 cm³/mol. The number of anilines is 5. The molecule has 0 bridgehead atoms. The Bertz CT molecular complexity index is 1580. The predicted octanol–water partition coefficient (Wildman–Crippen LogP) is 6.97. The van der Waals surface area contributed by atoms with Crippen molar-refractivity contribution in [3.8, 4) is 0 Å². The number of benzene rings is 2. The lowest BCUT2D eigenvalue weighted by Crippen LogP contribution is -2.52. The molecule has 3 aromatic rings. The molecule has 2 N–H and O–H groups in total. The van der Waals surface area contributed by atoms with Crippen molar-refractivity contribution in [2.75, 3.05) is 55.9 Å². The minimum atomic E-state index is -4.92. The van der Waals surface area contributed by atoms with Gasteiger partial charge in [-0.15, -0.1) is 0 Å². The van der Waals surface area contributed by atoms with Gasteiger partial charge in [0.05, 0.1) is 36.9 Å². The number of carbonyl (C=O) groups is 1. The van der Waals surface area contributed by atoms with Crippen molar-refractivity contribution in [2.45, 2.75) is 20.0 Å². The maximum Gasteiger partial charge on any atom is 0.471 e. The molecule has 1 aliphatic rings. The molecule has 1 aromatic heterocycles. The molecular formula is C26H27BrCl2F3N6O4P. The van der Waals surface area contributed by atoms with Crippen LogP contribution in [0.4, 0.5) is 42.0 Å². The van der Waals surface area contributed by atoms with Gasteiger partial charge >= 0.3 is 19.7 Å². The van der Waals surface area contributed by atoms with Crippen LogP contribution in [0, 0.1) is 13.8 Å². The smallest absolute Gasteiger partial charge is 0.367 e. The molecule has 1 amide bonds. The van der Waals surface area contributed by atoms with Crippen molar-refractivity contribution in [3.63, 3.8) is 0 Å². The summed E-state index contributed by atoms with van der Waals surface area (Å²) in [5.41, 5.74) is 2.98. The molecule has 1 fully saturated rings. The molecule has 0 radical (unpaired) electrons. The first-order valence-electron chi connectivity index (χ1n) is 12.7. The molecule has 1 saturated heterocycles. The molecular weight excluding hydrogens is 699 g/mol. The van der Waals surface area contributed by atoms with Gasteiger partial charge in [-0.3, -0.25) is 9.36 Å². The number of alkyl halides is 3. The number of nitrogens with zero attached hydrogens (tertiary/aromatic N) is 4. The standard InChI is InChI=1S/C26H27BrCl2F3N6O4P/c1-14-5-6-19(22(15(14)2)43(40,41-3)42-4)34-23-16(27)13-33-25(36-23)35-20-11-18(29)21(12-17(20)28)37-7-9-38(10-8-37)24(39)26(30,31)32/h5-6,11-13H,7-10H2,1-4H3,(H2,33,34,35,36). The molecule has 0 atom stereocenters. The van der Waals surface area contributed by atoms with Crippen molar-refractivity contribution < 1.29 is 31.6 Å². The van der Waals surface area contributed by atoms with E-state index in [1.165, 1.54) is 20.4 Å². The summed E-state index contributed by atoms with van der Waals surface area (Å²) in [6, 6.07) is 6.75. The van der Waals surface area contributed by atoms with E-state index >= 15 is 0 Å². The molecule has 43 heavy (non-hydrogen) atoms. The van der Waals surface area contributed by atoms with E-state index in [-0.39, 0.29) is 42.2 Å². The summed E-state index contributed by atoms with van der Waals surface area (Å²) < 4.78 is 62.8. The molecule has 2 aromatic carbocycles. The summed E-state index contributed by atoms with van der Waals surface area (Å²) in [7, 11) is -1.02. The van der Waals surface area contributed by atoms with Gasteiger partial charge in [0.1, 0.15) is 5.82 Å². The van der Waals surface area contributed by atoms with Crippen molar-refractivity contribution in [1.82, 2.24) is 14.9 Å². The lowest BCUT2D eigenvalue weighted by Gasteiger charge is -2.36. The minimum Gasteiger partial charge on any atom is -0.367 e. The van der Waals surface area contributed by atoms with Crippen LogP contribution in [0.1, 0.15) is 11.1 Å². The molecule has 4 rings (SSSR count). The summed E-state index contributed by atoms with van der Waals surface area (Å²) in [4.78, 5) is 22.9. The number of hydrogen-bond acceptors (Lipinski definition) is 9. The van der Waals surface area contributed by atoms with E-state index in [9.17, 15) is 22.5 Å². The van der Waals surface area contributed by atoms with Gasteiger partial charge in [-0.05, 0) is 59.1 Å². The molecule has 0 saturated carbocycles. The quantitative estimate of drug-likeness (QED) is 0.238. The molecule has 232 valence electrons. The second-order valence-corrected chi connectivity index (χ2v) is 13.3. The zero-order valence-electron chi connectivity index (χ0n) is 23.4. The van der Waals surface area contributed by atoms with Crippen LogP contribution in [0.5, 0.6) is 0 Å². The number of nitrogens with one attached hydrogen (secondary N) is 2. The minimum absolute atomic E-state index is 0.110. The first-order chi connectivity index (χ1) is 20.2. The fourth-order valence-electron chi connectivity index (χ4n) is 4.48. The third-order valence-corrected chi connectivity index (χ3v) is 10.2. The van der Waals surface area contributed by atoms with E-state index in [2.05, 4.69) is 36.5 Å². The van der Waals surface area contributed by atoms with Gasteiger partial charge in [0.25, 0.3) is 0 Å². The Labute approximate surface area is 264 Å². The Morgan fingerprint density at radius 3 is 2.28 bits per heavy atom. The van der Waals surface area contributed by atoms with Gasteiger partial charge in [-0.1, -0.05) is 29.3 Å². The fraction of sp³-hybridized carbons (Fsp3) is 0.346. The van der Waals surface area contributed by atoms with Gasteiger partial charge in [0, 0.05) is 46.6 Å². The zero-order chi connectivity index (χ0) is 31.7. The van der Waals surface area contributed by atoms with Crippen LogP contribution in [0.25, 0.3) is 0 Å². The summed E-state index contributed by atoms with van der Waals surface area (Å²) in [6.45, 7) is 3.78. The van der Waals surface area contributed by atoms with E-state index < -0.39 is 19.7 Å². The number of carbonyl (C=O) groups excluding carboxylic acids is 1. The van der Waals surface area contributed by atoms with Crippen LogP contribution in [-0.4, -0.2) is 67.3 Å². The van der Waals surface area contributed by atoms with Gasteiger partial charge in [0.15, 0.2) is 0 Å². The largest absolute Gasteiger partial charge is 0.471 e. The van der Waals surface area contributed by atoms with Crippen LogP contribution in [-0.2, 0) is 18.4 Å². The third-order valence-electron chi connectivity index (χ3n) is 6.89. The second kappa shape index (κ2) is 13.2. The number of piperazine rings is 1.